The molecule has 0 spiro atoms. The topological polar surface area (TPSA) is 0 Å². The van der Waals surface area contributed by atoms with E-state index in [0.29, 0.717) is 5.92 Å². The number of hydrogen-bond donors (Lipinski definition) is 0. The van der Waals surface area contributed by atoms with Crippen molar-refractivity contribution in [3.05, 3.63) is 88.5 Å². The van der Waals surface area contributed by atoms with Gasteiger partial charge in [-0.25, -0.2) is 5.57 Å². The van der Waals surface area contributed by atoms with Crippen LogP contribution in [-0.4, -0.2) is 5.43 Å². The van der Waals surface area contributed by atoms with E-state index in [1.54, 1.807) is 23.3 Å². The fourth-order valence-electron chi connectivity index (χ4n) is 3.66. The molecule has 0 bridgehead atoms. The van der Waals surface area contributed by atoms with E-state index in [-0.39, 0.29) is 30.2 Å². The average Bonchev–Trinajstić information content (AvgIpc) is 3.19. The van der Waals surface area contributed by atoms with Gasteiger partial charge < -0.3 is 0 Å². The van der Waals surface area contributed by atoms with Gasteiger partial charge in [0.25, 0.3) is 0 Å². The molecule has 0 heterocycles. The first-order chi connectivity index (χ1) is 14.1. The molecule has 0 aliphatic heterocycles. The van der Waals surface area contributed by atoms with Gasteiger partial charge in [-0.05, 0) is 13.8 Å². The van der Waals surface area contributed by atoms with E-state index < -0.39 is 0 Å². The number of fused-ring (bicyclic) bond motifs is 1. The Kier molecular flexibility index (Phi) is 14.1. The molecule has 0 aromatic heterocycles. The van der Waals surface area contributed by atoms with E-state index in [0.717, 1.165) is 0 Å². The Labute approximate surface area is 223 Å². The van der Waals surface area contributed by atoms with E-state index in [2.05, 4.69) is 115 Å². The average molecular weight is 563 g/mol. The molecular weight excluding hydrogens is 527 g/mol. The van der Waals surface area contributed by atoms with E-state index in [9.17, 15) is 0 Å². The molecule has 0 saturated carbocycles. The third kappa shape index (κ3) is 8.53. The monoisotopic (exact) mass is 560 g/mol. The fraction of sp³-hybridized carbons (Fsp3) is 0.321. The van der Waals surface area contributed by atoms with Crippen LogP contribution in [0.25, 0.3) is 21.9 Å². The number of benzene rings is 2. The van der Waals surface area contributed by atoms with E-state index >= 15 is 0 Å². The molecule has 3 aromatic rings. The normalized spacial score (nSPS) is 14.3. The van der Waals surface area contributed by atoms with Crippen LogP contribution in [-0.2, 0) is 23.3 Å². The molecule has 4 rings (SSSR count). The third-order valence-corrected chi connectivity index (χ3v) is 5.59. The first kappa shape index (κ1) is 31.2. The Hall–Kier alpha value is -0.790. The zero-order valence-electron chi connectivity index (χ0n) is 20.6. The second-order valence-corrected chi connectivity index (χ2v) is 17.8. The predicted molar refractivity (Wildman–Crippen MR) is 146 cm³/mol. The van der Waals surface area contributed by atoms with E-state index in [4.69, 9.17) is 0 Å². The van der Waals surface area contributed by atoms with Gasteiger partial charge in [-0.15, -0.1) is 78.4 Å². The number of halogens is 2. The minimum absolute atomic E-state index is 0. The van der Waals surface area contributed by atoms with Crippen molar-refractivity contribution in [2.45, 2.75) is 54.6 Å². The molecule has 1 aliphatic carbocycles. The molecule has 1 aliphatic rings. The van der Waals surface area contributed by atoms with Crippen molar-refractivity contribution in [3.8, 4) is 11.1 Å². The second-order valence-electron chi connectivity index (χ2n) is 8.45. The van der Waals surface area contributed by atoms with Gasteiger partial charge in [-0.3, -0.25) is 6.08 Å². The Balaban J connectivity index is 0.000000547. The standard InChI is InChI=1S/C17H15.C9H13.C2H6Si.2ClH.Zr/c1-12-7-9-15(13(2)11-12)17-10-8-14-5-3-4-6-16(14)17;1-6-5-7(2)9(4)8(6)3;1-3-2;;;/h3-11H,1-2H3;6H,1-4H3;1-2H3;2*1H;/q2*-1;;;;+2. The summed E-state index contributed by atoms with van der Waals surface area (Å²) in [6.45, 7) is 17.6. The molecule has 0 fully saturated rings. The van der Waals surface area contributed by atoms with E-state index in [1.165, 1.54) is 49.7 Å². The summed E-state index contributed by atoms with van der Waals surface area (Å²) in [6, 6.07) is 19.6. The summed E-state index contributed by atoms with van der Waals surface area (Å²) in [5, 5.41) is 2.67. The molecule has 0 radical (unpaired) electrons. The largest absolute Gasteiger partial charge is 0.150 e. The van der Waals surface area contributed by atoms with Gasteiger partial charge in [-0.2, -0.15) is 11.1 Å². The molecule has 0 amide bonds. The SMILES string of the molecule is CC1=[C-]C(C)C(C)=C1C.C[Si](C)=[Zr+2].Cc1ccc(-c2c[cH-]c3ccccc23)c(C)c1.Cl.Cl. The van der Waals surface area contributed by atoms with Crippen molar-refractivity contribution in [1.29, 1.82) is 0 Å². The van der Waals surface area contributed by atoms with Gasteiger partial charge in [-0.1, -0.05) is 67.6 Å². The van der Waals surface area contributed by atoms with Crippen LogP contribution in [0.2, 0.25) is 13.1 Å². The molecule has 0 saturated heterocycles. The Morgan fingerprint density at radius 1 is 0.906 bits per heavy atom. The van der Waals surface area contributed by atoms with Crippen LogP contribution >= 0.6 is 24.8 Å². The van der Waals surface area contributed by atoms with Crippen molar-refractivity contribution in [3.63, 3.8) is 0 Å². The van der Waals surface area contributed by atoms with Crippen molar-refractivity contribution in [1.82, 2.24) is 0 Å². The quantitative estimate of drug-likeness (QED) is 0.205. The summed E-state index contributed by atoms with van der Waals surface area (Å²) in [4.78, 5) is 0. The van der Waals surface area contributed by atoms with Crippen LogP contribution in [0.1, 0.15) is 38.8 Å². The first-order valence-corrected chi connectivity index (χ1v) is 16.8. The molecule has 32 heavy (non-hydrogen) atoms. The molecule has 4 heteroatoms. The van der Waals surface area contributed by atoms with Crippen molar-refractivity contribution >= 4 is 41.0 Å². The zero-order chi connectivity index (χ0) is 22.4. The van der Waals surface area contributed by atoms with Crippen LogP contribution in [0.5, 0.6) is 0 Å². The zero-order valence-corrected chi connectivity index (χ0v) is 25.7. The number of allylic oxidation sites excluding steroid dienone is 4. The van der Waals surface area contributed by atoms with Gasteiger partial charge in [0.2, 0.25) is 0 Å². The summed E-state index contributed by atoms with van der Waals surface area (Å²) in [5.74, 6) is 0.560. The first-order valence-electron chi connectivity index (χ1n) is 10.6. The molecule has 0 N–H and O–H groups in total. The van der Waals surface area contributed by atoms with Crippen LogP contribution in [0.15, 0.2) is 71.3 Å². The summed E-state index contributed by atoms with van der Waals surface area (Å²) in [5.41, 5.74) is 9.82. The summed E-state index contributed by atoms with van der Waals surface area (Å²) in [6.07, 6.45) is 3.36. The van der Waals surface area contributed by atoms with Crippen LogP contribution < -0.4 is 0 Å². The molecule has 1 atom stereocenters. The van der Waals surface area contributed by atoms with Gasteiger partial charge in [0, 0.05) is 0 Å². The van der Waals surface area contributed by atoms with Crippen molar-refractivity contribution in [2.75, 3.05) is 0 Å². The Morgan fingerprint density at radius 2 is 1.50 bits per heavy atom. The molecular formula is C28H36Cl2SiZr. The summed E-state index contributed by atoms with van der Waals surface area (Å²) < 4.78 is 0. The molecule has 3 aromatic carbocycles. The maximum absolute atomic E-state index is 3.36. The smallest absolute Gasteiger partial charge is 0.0398 e. The summed E-state index contributed by atoms with van der Waals surface area (Å²) >= 11 is 1.74. The fourth-order valence-corrected chi connectivity index (χ4v) is 3.66. The second kappa shape index (κ2) is 14.5. The van der Waals surface area contributed by atoms with Gasteiger partial charge >= 0.3 is 41.9 Å². The Bertz CT molecular complexity index is 1100. The minimum atomic E-state index is 0. The maximum atomic E-state index is 3.36. The Morgan fingerprint density at radius 3 is 1.97 bits per heavy atom. The summed E-state index contributed by atoms with van der Waals surface area (Å²) in [7, 11) is 0. The van der Waals surface area contributed by atoms with Gasteiger partial charge in [0.15, 0.2) is 0 Å². The minimum Gasteiger partial charge on any atom is -0.150 e. The van der Waals surface area contributed by atoms with Gasteiger partial charge in [0.1, 0.15) is 0 Å². The van der Waals surface area contributed by atoms with Gasteiger partial charge in [0.05, 0.1) is 0 Å². The van der Waals surface area contributed by atoms with Crippen LogP contribution in [0, 0.1) is 25.8 Å². The van der Waals surface area contributed by atoms with Crippen molar-refractivity contribution < 1.29 is 23.3 Å². The number of hydrogen-bond acceptors (Lipinski definition) is 0. The number of rotatable bonds is 1. The van der Waals surface area contributed by atoms with Crippen LogP contribution in [0.4, 0.5) is 0 Å². The van der Waals surface area contributed by atoms with Crippen LogP contribution in [0.3, 0.4) is 0 Å². The molecule has 0 nitrogen and oxygen atoms in total. The predicted octanol–water partition coefficient (Wildman–Crippen LogP) is 9.19. The molecule has 170 valence electrons. The maximum Gasteiger partial charge on any atom is -0.0398 e. The number of aryl methyl sites for hydroxylation is 2. The van der Waals surface area contributed by atoms with E-state index in [1.807, 2.05) is 0 Å². The molecule has 1 unspecified atom stereocenters. The van der Waals surface area contributed by atoms with Crippen molar-refractivity contribution in [2.24, 2.45) is 5.92 Å². The third-order valence-electron chi connectivity index (χ3n) is 5.59.